The summed E-state index contributed by atoms with van der Waals surface area (Å²) in [5.41, 5.74) is 0.264. The van der Waals surface area contributed by atoms with Gasteiger partial charge in [0, 0.05) is 17.7 Å². The highest BCUT2D eigenvalue weighted by Gasteiger charge is 2.67. The third-order valence-corrected chi connectivity index (χ3v) is 7.32. The number of hydrazone groups is 1. The Morgan fingerprint density at radius 1 is 1.10 bits per heavy atom. The minimum Gasteiger partial charge on any atom is -0.455 e. The Balaban J connectivity index is 1.25. The van der Waals surface area contributed by atoms with Crippen molar-refractivity contribution in [3.05, 3.63) is 63.4 Å². The molecular weight excluding hydrogens is 422 g/mol. The van der Waals surface area contributed by atoms with Gasteiger partial charge < -0.3 is 4.42 Å². The summed E-state index contributed by atoms with van der Waals surface area (Å²) in [6, 6.07) is 7.28. The van der Waals surface area contributed by atoms with Gasteiger partial charge in [0.2, 0.25) is 0 Å². The SMILES string of the molecule is O=C1C2C3C=CC(C4CC34)C2C(=O)N1/N=C/c1ccc(-c2cc([N+](=O)[O-])ccc2Cl)o1. The molecule has 1 aliphatic heterocycles. The number of nitro groups is 1. The number of halogens is 1. The molecule has 0 N–H and O–H groups in total. The average molecular weight is 438 g/mol. The first-order valence-electron chi connectivity index (χ1n) is 10.1. The van der Waals surface area contributed by atoms with Gasteiger partial charge in [0.25, 0.3) is 17.5 Å². The molecule has 2 bridgehead atoms. The van der Waals surface area contributed by atoms with E-state index >= 15 is 0 Å². The smallest absolute Gasteiger partial charge is 0.270 e. The number of furan rings is 1. The van der Waals surface area contributed by atoms with Gasteiger partial charge in [-0.3, -0.25) is 19.7 Å². The van der Waals surface area contributed by atoms with Crippen molar-refractivity contribution in [1.82, 2.24) is 5.01 Å². The molecular formula is C22H16ClN3O5. The second kappa shape index (κ2) is 6.37. The van der Waals surface area contributed by atoms with Crippen molar-refractivity contribution in [2.24, 2.45) is 40.6 Å². The van der Waals surface area contributed by atoms with E-state index in [1.54, 1.807) is 12.1 Å². The normalized spacial score (nSPS) is 32.6. The lowest BCUT2D eigenvalue weighted by Gasteiger charge is -2.37. The first-order chi connectivity index (χ1) is 14.9. The molecule has 2 saturated carbocycles. The summed E-state index contributed by atoms with van der Waals surface area (Å²) in [6.07, 6.45) is 6.65. The third-order valence-electron chi connectivity index (χ3n) is 6.99. The zero-order valence-corrected chi connectivity index (χ0v) is 16.8. The minimum atomic E-state index is -0.513. The molecule has 6 atom stereocenters. The van der Waals surface area contributed by atoms with Gasteiger partial charge in [-0.05, 0) is 48.3 Å². The molecule has 7 rings (SSSR count). The molecule has 0 spiro atoms. The Labute approximate surface area is 181 Å². The molecule has 5 aliphatic rings. The molecule has 6 unspecified atom stereocenters. The van der Waals surface area contributed by atoms with Gasteiger partial charge in [0.1, 0.15) is 11.5 Å². The number of non-ortho nitro benzene ring substituents is 1. The van der Waals surface area contributed by atoms with Gasteiger partial charge in [-0.15, -0.1) is 0 Å². The lowest BCUT2D eigenvalue weighted by molar-refractivity contribution is -0.384. The Kier molecular flexibility index (Phi) is 3.80. The van der Waals surface area contributed by atoms with Gasteiger partial charge in [0.15, 0.2) is 0 Å². The molecule has 4 aliphatic carbocycles. The Hall–Kier alpha value is -3.26. The van der Waals surface area contributed by atoms with Crippen LogP contribution in [0.2, 0.25) is 5.02 Å². The van der Waals surface area contributed by atoms with Gasteiger partial charge >= 0.3 is 0 Å². The Morgan fingerprint density at radius 2 is 1.77 bits per heavy atom. The zero-order valence-electron chi connectivity index (χ0n) is 16.1. The van der Waals surface area contributed by atoms with Gasteiger partial charge in [-0.25, -0.2) is 0 Å². The van der Waals surface area contributed by atoms with Crippen molar-refractivity contribution in [1.29, 1.82) is 0 Å². The Bertz CT molecular complexity index is 1180. The second-order valence-electron chi connectivity index (χ2n) is 8.51. The summed E-state index contributed by atoms with van der Waals surface area (Å²) in [7, 11) is 0. The fraction of sp³-hybridized carbons (Fsp3) is 0.318. The third kappa shape index (κ3) is 2.64. The average Bonchev–Trinajstić information content (AvgIpc) is 3.40. The molecule has 31 heavy (non-hydrogen) atoms. The Morgan fingerprint density at radius 3 is 2.42 bits per heavy atom. The molecule has 8 nitrogen and oxygen atoms in total. The van der Waals surface area contributed by atoms with Crippen LogP contribution in [0.5, 0.6) is 0 Å². The van der Waals surface area contributed by atoms with E-state index in [4.69, 9.17) is 16.0 Å². The summed E-state index contributed by atoms with van der Waals surface area (Å²) >= 11 is 6.16. The van der Waals surface area contributed by atoms with Gasteiger partial charge in [0.05, 0.1) is 28.0 Å². The summed E-state index contributed by atoms with van der Waals surface area (Å²) in [4.78, 5) is 36.4. The molecule has 9 heteroatoms. The quantitative estimate of drug-likeness (QED) is 0.237. The van der Waals surface area contributed by atoms with Crippen LogP contribution < -0.4 is 0 Å². The molecule has 1 aromatic heterocycles. The molecule has 0 radical (unpaired) electrons. The molecule has 156 valence electrons. The topological polar surface area (TPSA) is 106 Å². The van der Waals surface area contributed by atoms with E-state index in [-0.39, 0.29) is 41.2 Å². The van der Waals surface area contributed by atoms with E-state index < -0.39 is 4.92 Å². The predicted molar refractivity (Wildman–Crippen MR) is 110 cm³/mol. The first-order valence-corrected chi connectivity index (χ1v) is 10.5. The summed E-state index contributed by atoms with van der Waals surface area (Å²) in [5.74, 6) is 0.869. The standard InChI is InChI=1S/C22H16ClN3O5/c23-17-5-1-10(26(29)30)7-16(17)18-6-2-11(31-18)9-24-25-21(27)19-12-3-4-13(15-8-14(12)15)20(19)22(25)28/h1-7,9,12-15,19-20H,8H2/b24-9+. The highest BCUT2D eigenvalue weighted by atomic mass is 35.5. The predicted octanol–water partition coefficient (Wildman–Crippen LogP) is 3.90. The van der Waals surface area contributed by atoms with Crippen molar-refractivity contribution in [3.63, 3.8) is 0 Å². The number of carbonyl (C=O) groups is 2. The number of nitro benzene ring substituents is 1. The maximum Gasteiger partial charge on any atom is 0.270 e. The number of amides is 2. The maximum absolute atomic E-state index is 12.9. The van der Waals surface area contributed by atoms with Crippen LogP contribution in [-0.2, 0) is 9.59 Å². The van der Waals surface area contributed by atoms with E-state index in [1.807, 2.05) is 0 Å². The van der Waals surface area contributed by atoms with Crippen molar-refractivity contribution in [2.45, 2.75) is 6.42 Å². The number of imide groups is 1. The van der Waals surface area contributed by atoms with E-state index in [9.17, 15) is 19.7 Å². The number of rotatable bonds is 4. The number of carbonyl (C=O) groups excluding carboxylic acids is 2. The van der Waals surface area contributed by atoms with Crippen LogP contribution in [0.1, 0.15) is 12.2 Å². The van der Waals surface area contributed by atoms with Crippen LogP contribution in [-0.4, -0.2) is 28.0 Å². The molecule has 1 aromatic carbocycles. The summed E-state index contributed by atoms with van der Waals surface area (Å²) in [6.45, 7) is 0. The van der Waals surface area contributed by atoms with Crippen LogP contribution in [0.15, 0.2) is 52.0 Å². The fourth-order valence-electron chi connectivity index (χ4n) is 5.55. The molecule has 2 amide bonds. The van der Waals surface area contributed by atoms with Crippen LogP contribution in [0, 0.1) is 45.6 Å². The largest absolute Gasteiger partial charge is 0.455 e. The van der Waals surface area contributed by atoms with Gasteiger partial charge in [-0.1, -0.05) is 23.8 Å². The summed E-state index contributed by atoms with van der Waals surface area (Å²) in [5, 5.41) is 16.5. The number of nitrogens with zero attached hydrogens (tertiary/aromatic N) is 3. The zero-order chi connectivity index (χ0) is 21.4. The van der Waals surface area contributed by atoms with Crippen LogP contribution in [0.25, 0.3) is 11.3 Å². The minimum absolute atomic E-state index is 0.108. The molecule has 3 fully saturated rings. The number of allylic oxidation sites excluding steroid dienone is 2. The van der Waals surface area contributed by atoms with Crippen LogP contribution in [0.4, 0.5) is 5.69 Å². The van der Waals surface area contributed by atoms with Crippen molar-refractivity contribution in [3.8, 4) is 11.3 Å². The highest BCUT2D eigenvalue weighted by molar-refractivity contribution is 6.33. The van der Waals surface area contributed by atoms with E-state index in [0.29, 0.717) is 33.9 Å². The highest BCUT2D eigenvalue weighted by Crippen LogP contribution is 2.65. The maximum atomic E-state index is 12.9. The van der Waals surface area contributed by atoms with Crippen molar-refractivity contribution >= 4 is 35.3 Å². The fourth-order valence-corrected chi connectivity index (χ4v) is 5.76. The number of hydrogen-bond acceptors (Lipinski definition) is 6. The van der Waals surface area contributed by atoms with E-state index in [2.05, 4.69) is 17.3 Å². The molecule has 2 heterocycles. The number of benzene rings is 1. The van der Waals surface area contributed by atoms with E-state index in [1.165, 1.54) is 24.4 Å². The lowest BCUT2D eigenvalue weighted by atomic mass is 9.63. The van der Waals surface area contributed by atoms with Gasteiger partial charge in [-0.2, -0.15) is 10.1 Å². The molecule has 2 aromatic rings. The molecule has 1 saturated heterocycles. The first kappa shape index (κ1) is 18.5. The monoisotopic (exact) mass is 437 g/mol. The van der Waals surface area contributed by atoms with Crippen LogP contribution in [0.3, 0.4) is 0 Å². The van der Waals surface area contributed by atoms with Crippen molar-refractivity contribution < 1.29 is 18.9 Å². The second-order valence-corrected chi connectivity index (χ2v) is 8.92. The van der Waals surface area contributed by atoms with E-state index in [0.717, 1.165) is 11.4 Å². The lowest BCUT2D eigenvalue weighted by Crippen LogP contribution is -2.40. The van der Waals surface area contributed by atoms with Crippen molar-refractivity contribution in [2.75, 3.05) is 0 Å². The van der Waals surface area contributed by atoms with Crippen LogP contribution >= 0.6 is 11.6 Å². The summed E-state index contributed by atoms with van der Waals surface area (Å²) < 4.78 is 5.69. The number of hydrogen-bond donors (Lipinski definition) is 0.